The SMILES string of the molecule is OC(c1ccc(Cl)c(Cl)c1)C1CC2CCC1O2. The Morgan fingerprint density at radius 2 is 2.06 bits per heavy atom. The zero-order valence-electron chi connectivity index (χ0n) is 9.27. The molecule has 4 atom stereocenters. The van der Waals surface area contributed by atoms with Crippen LogP contribution in [0.4, 0.5) is 0 Å². The van der Waals surface area contributed by atoms with Crippen molar-refractivity contribution in [2.24, 2.45) is 5.92 Å². The second kappa shape index (κ2) is 4.43. The maximum atomic E-state index is 10.4. The van der Waals surface area contributed by atoms with Gasteiger partial charge in [0.1, 0.15) is 0 Å². The topological polar surface area (TPSA) is 29.5 Å². The van der Waals surface area contributed by atoms with E-state index in [1.165, 1.54) is 0 Å². The first-order valence-corrected chi connectivity index (χ1v) is 6.69. The molecule has 4 unspecified atom stereocenters. The molecule has 0 amide bonds. The molecule has 0 saturated carbocycles. The highest BCUT2D eigenvalue weighted by atomic mass is 35.5. The van der Waals surface area contributed by atoms with Gasteiger partial charge in [0.2, 0.25) is 0 Å². The third kappa shape index (κ3) is 2.08. The van der Waals surface area contributed by atoms with Gasteiger partial charge in [-0.3, -0.25) is 0 Å². The van der Waals surface area contributed by atoms with E-state index in [1.54, 1.807) is 12.1 Å². The van der Waals surface area contributed by atoms with Crippen LogP contribution in [0.5, 0.6) is 0 Å². The lowest BCUT2D eigenvalue weighted by Gasteiger charge is -2.24. The van der Waals surface area contributed by atoms with Crippen molar-refractivity contribution in [3.8, 4) is 0 Å². The van der Waals surface area contributed by atoms with E-state index in [9.17, 15) is 5.11 Å². The molecule has 2 nitrogen and oxygen atoms in total. The lowest BCUT2D eigenvalue weighted by molar-refractivity contribution is 0.0423. The zero-order chi connectivity index (χ0) is 12.0. The summed E-state index contributed by atoms with van der Waals surface area (Å²) >= 11 is 11.8. The van der Waals surface area contributed by atoms with Crippen LogP contribution >= 0.6 is 23.2 Å². The van der Waals surface area contributed by atoms with E-state index < -0.39 is 6.10 Å². The lowest BCUT2D eigenvalue weighted by atomic mass is 9.83. The fraction of sp³-hybridized carbons (Fsp3) is 0.538. The zero-order valence-corrected chi connectivity index (χ0v) is 10.8. The van der Waals surface area contributed by atoms with E-state index in [0.29, 0.717) is 16.1 Å². The molecule has 1 N–H and O–H groups in total. The summed E-state index contributed by atoms with van der Waals surface area (Å²) in [4.78, 5) is 0. The Balaban J connectivity index is 1.81. The average molecular weight is 273 g/mol. The number of hydrogen-bond donors (Lipinski definition) is 1. The molecule has 2 bridgehead atoms. The van der Waals surface area contributed by atoms with Gasteiger partial charge in [-0.15, -0.1) is 0 Å². The Morgan fingerprint density at radius 1 is 1.24 bits per heavy atom. The third-order valence-electron chi connectivity index (χ3n) is 3.84. The quantitative estimate of drug-likeness (QED) is 0.892. The minimum absolute atomic E-state index is 0.200. The van der Waals surface area contributed by atoms with Crippen LogP contribution in [0.3, 0.4) is 0 Å². The lowest BCUT2D eigenvalue weighted by Crippen LogP contribution is -2.23. The van der Waals surface area contributed by atoms with Crippen LogP contribution in [0.2, 0.25) is 10.0 Å². The van der Waals surface area contributed by atoms with Crippen molar-refractivity contribution in [2.45, 2.75) is 37.6 Å². The van der Waals surface area contributed by atoms with E-state index in [0.717, 1.165) is 24.8 Å². The van der Waals surface area contributed by atoms with E-state index in [2.05, 4.69) is 0 Å². The molecule has 2 aliphatic heterocycles. The number of benzene rings is 1. The van der Waals surface area contributed by atoms with E-state index in [4.69, 9.17) is 27.9 Å². The Kier molecular flexibility index (Phi) is 3.07. The summed E-state index contributed by atoms with van der Waals surface area (Å²) in [7, 11) is 0. The van der Waals surface area contributed by atoms with Crippen molar-refractivity contribution in [1.82, 2.24) is 0 Å². The molecule has 2 saturated heterocycles. The maximum absolute atomic E-state index is 10.4. The molecule has 2 aliphatic rings. The number of hydrogen-bond acceptors (Lipinski definition) is 2. The van der Waals surface area contributed by atoms with Gasteiger partial charge in [-0.25, -0.2) is 0 Å². The summed E-state index contributed by atoms with van der Waals surface area (Å²) in [5.74, 6) is 0.200. The minimum Gasteiger partial charge on any atom is -0.388 e. The summed E-state index contributed by atoms with van der Waals surface area (Å²) in [6, 6.07) is 5.32. The highest BCUT2D eigenvalue weighted by molar-refractivity contribution is 6.42. The van der Waals surface area contributed by atoms with Crippen LogP contribution < -0.4 is 0 Å². The molecule has 0 radical (unpaired) electrons. The Hall–Kier alpha value is -0.280. The predicted octanol–water partition coefficient (Wildman–Crippen LogP) is 3.59. The van der Waals surface area contributed by atoms with Crippen molar-refractivity contribution in [3.63, 3.8) is 0 Å². The molecule has 0 aliphatic carbocycles. The molecular formula is C13H14Cl2O2. The largest absolute Gasteiger partial charge is 0.388 e. The van der Waals surface area contributed by atoms with Crippen molar-refractivity contribution >= 4 is 23.2 Å². The van der Waals surface area contributed by atoms with Gasteiger partial charge in [0.15, 0.2) is 0 Å². The van der Waals surface area contributed by atoms with Gasteiger partial charge in [-0.1, -0.05) is 29.3 Å². The molecule has 4 heteroatoms. The van der Waals surface area contributed by atoms with Gasteiger partial charge in [-0.2, -0.15) is 0 Å². The minimum atomic E-state index is -0.500. The van der Waals surface area contributed by atoms with E-state index in [-0.39, 0.29) is 12.0 Å². The Labute approximate surface area is 110 Å². The van der Waals surface area contributed by atoms with Gasteiger partial charge in [0.05, 0.1) is 28.4 Å². The number of fused-ring (bicyclic) bond motifs is 2. The van der Waals surface area contributed by atoms with Crippen LogP contribution in [0, 0.1) is 5.92 Å². The summed E-state index contributed by atoms with van der Waals surface area (Å²) in [6.45, 7) is 0. The second-order valence-corrected chi connectivity index (χ2v) is 5.71. The first-order valence-electron chi connectivity index (χ1n) is 5.93. The standard InChI is InChI=1S/C13H14Cl2O2/c14-10-3-1-7(5-11(10)15)13(16)9-6-8-2-4-12(9)17-8/h1,3,5,8-9,12-13,16H,2,4,6H2. The summed E-state index contributed by atoms with van der Waals surface area (Å²) in [5.41, 5.74) is 0.834. The predicted molar refractivity (Wildman–Crippen MR) is 67.4 cm³/mol. The molecule has 17 heavy (non-hydrogen) atoms. The van der Waals surface area contributed by atoms with Crippen LogP contribution in [0.15, 0.2) is 18.2 Å². The van der Waals surface area contributed by atoms with Crippen molar-refractivity contribution < 1.29 is 9.84 Å². The van der Waals surface area contributed by atoms with Gasteiger partial charge in [0, 0.05) is 5.92 Å². The molecule has 1 aromatic carbocycles. The molecule has 0 spiro atoms. The molecule has 3 rings (SSSR count). The summed E-state index contributed by atoms with van der Waals surface area (Å²) < 4.78 is 5.76. The highest BCUT2D eigenvalue weighted by Crippen LogP contribution is 2.45. The average Bonchev–Trinajstić information content (AvgIpc) is 2.93. The van der Waals surface area contributed by atoms with Crippen LogP contribution in [-0.4, -0.2) is 17.3 Å². The molecular weight excluding hydrogens is 259 g/mol. The van der Waals surface area contributed by atoms with Crippen LogP contribution in [-0.2, 0) is 4.74 Å². The third-order valence-corrected chi connectivity index (χ3v) is 4.58. The molecule has 92 valence electrons. The summed E-state index contributed by atoms with van der Waals surface area (Å²) in [6.07, 6.45) is 3.21. The van der Waals surface area contributed by atoms with E-state index in [1.807, 2.05) is 6.07 Å². The Morgan fingerprint density at radius 3 is 2.65 bits per heavy atom. The van der Waals surface area contributed by atoms with Gasteiger partial charge in [-0.05, 0) is 37.0 Å². The van der Waals surface area contributed by atoms with Crippen molar-refractivity contribution in [1.29, 1.82) is 0 Å². The van der Waals surface area contributed by atoms with Gasteiger partial charge in [0.25, 0.3) is 0 Å². The molecule has 2 heterocycles. The Bertz CT molecular complexity index is 435. The van der Waals surface area contributed by atoms with E-state index >= 15 is 0 Å². The number of aliphatic hydroxyl groups is 1. The van der Waals surface area contributed by atoms with Crippen LogP contribution in [0.1, 0.15) is 30.9 Å². The number of halogens is 2. The molecule has 0 aromatic heterocycles. The number of ether oxygens (including phenoxy) is 1. The first kappa shape index (κ1) is 11.8. The molecule has 1 aromatic rings. The monoisotopic (exact) mass is 272 g/mol. The van der Waals surface area contributed by atoms with Gasteiger partial charge < -0.3 is 9.84 Å². The normalized spacial score (nSPS) is 33.0. The van der Waals surface area contributed by atoms with Crippen molar-refractivity contribution in [3.05, 3.63) is 33.8 Å². The number of rotatable bonds is 2. The highest BCUT2D eigenvalue weighted by Gasteiger charge is 2.44. The number of aliphatic hydroxyl groups excluding tert-OH is 1. The smallest absolute Gasteiger partial charge is 0.0844 e. The second-order valence-electron chi connectivity index (χ2n) is 4.89. The van der Waals surface area contributed by atoms with Crippen molar-refractivity contribution in [2.75, 3.05) is 0 Å². The molecule has 2 fully saturated rings. The summed E-state index contributed by atoms with van der Waals surface area (Å²) in [5, 5.41) is 11.4. The fourth-order valence-electron chi connectivity index (χ4n) is 2.95. The first-order chi connectivity index (χ1) is 8.15. The van der Waals surface area contributed by atoms with Gasteiger partial charge >= 0.3 is 0 Å². The maximum Gasteiger partial charge on any atom is 0.0844 e. The fourth-order valence-corrected chi connectivity index (χ4v) is 3.26. The van der Waals surface area contributed by atoms with Crippen LogP contribution in [0.25, 0.3) is 0 Å².